The Labute approximate surface area is 173 Å². The Morgan fingerprint density at radius 1 is 0.933 bits per heavy atom. The maximum absolute atomic E-state index is 12.6. The molecule has 1 heterocycles. The third-order valence-corrected chi connectivity index (χ3v) is 5.30. The lowest BCUT2D eigenvalue weighted by Gasteiger charge is -2.30. The highest BCUT2D eigenvalue weighted by atomic mass is 16.7. The summed E-state index contributed by atoms with van der Waals surface area (Å²) in [7, 11) is 5.87. The number of hydrogen-bond donors (Lipinski definition) is 1. The van der Waals surface area contributed by atoms with E-state index in [-0.39, 0.29) is 6.79 Å². The number of methoxy groups -OCH3 is 4. The predicted molar refractivity (Wildman–Crippen MR) is 106 cm³/mol. The van der Waals surface area contributed by atoms with E-state index in [9.17, 15) is 9.90 Å². The van der Waals surface area contributed by atoms with E-state index in [1.165, 1.54) is 34.5 Å². The van der Waals surface area contributed by atoms with Gasteiger partial charge in [0.2, 0.25) is 12.5 Å². The van der Waals surface area contributed by atoms with Crippen molar-refractivity contribution in [2.45, 2.75) is 12.0 Å². The summed E-state index contributed by atoms with van der Waals surface area (Å²) in [6.45, 7) is 0.0977. The number of carbonyl (C=O) groups excluding carboxylic acids is 1. The summed E-state index contributed by atoms with van der Waals surface area (Å²) in [5.41, 5.74) is 2.31. The molecule has 0 fully saturated rings. The number of hydrogen-bond acceptors (Lipinski definition) is 8. The fourth-order valence-corrected chi connectivity index (χ4v) is 3.93. The highest BCUT2D eigenvalue weighted by molar-refractivity contribution is 5.92. The molecule has 0 bridgehead atoms. The fraction of sp³-hybridized carbons (Fsp3) is 0.318. The molecule has 2 aliphatic rings. The van der Waals surface area contributed by atoms with Crippen molar-refractivity contribution in [2.75, 3.05) is 35.2 Å². The summed E-state index contributed by atoms with van der Waals surface area (Å²) in [5, 5.41) is 10.7. The first-order valence-corrected chi connectivity index (χ1v) is 9.23. The van der Waals surface area contributed by atoms with Crippen LogP contribution in [-0.2, 0) is 9.53 Å². The van der Waals surface area contributed by atoms with Gasteiger partial charge in [0.05, 0.1) is 34.5 Å². The Hall–Kier alpha value is -3.39. The standard InChI is InChI=1S/C22H22O8/c1-25-18-5-11(6-19(26-2)21(18)27-3)20-13-9-17-16(29-10-30-17)8-12(13)15(23)7-14(20)22(24)28-4/h5-9,15,20,23H,10H2,1-4H3/t15-,20-/m1/s1. The van der Waals surface area contributed by atoms with E-state index in [1.54, 1.807) is 24.3 Å². The Bertz CT molecular complexity index is 1000. The normalized spacial score (nSPS) is 18.9. The van der Waals surface area contributed by atoms with Crippen LogP contribution in [0.1, 0.15) is 28.7 Å². The molecule has 0 saturated carbocycles. The van der Waals surface area contributed by atoms with Crippen molar-refractivity contribution >= 4 is 5.97 Å². The van der Waals surface area contributed by atoms with Crippen molar-refractivity contribution in [3.05, 3.63) is 52.6 Å². The van der Waals surface area contributed by atoms with Gasteiger partial charge in [0.15, 0.2) is 23.0 Å². The van der Waals surface area contributed by atoms with Crippen LogP contribution in [0.4, 0.5) is 0 Å². The van der Waals surface area contributed by atoms with Gasteiger partial charge in [-0.2, -0.15) is 0 Å². The number of esters is 1. The molecule has 0 amide bonds. The zero-order valence-corrected chi connectivity index (χ0v) is 17.1. The molecule has 0 unspecified atom stereocenters. The molecule has 0 saturated heterocycles. The quantitative estimate of drug-likeness (QED) is 0.747. The predicted octanol–water partition coefficient (Wildman–Crippen LogP) is 2.72. The first-order valence-electron chi connectivity index (χ1n) is 9.23. The highest BCUT2D eigenvalue weighted by Gasteiger charge is 2.36. The van der Waals surface area contributed by atoms with E-state index in [0.29, 0.717) is 51.0 Å². The first kappa shape index (κ1) is 19.9. The lowest BCUT2D eigenvalue weighted by molar-refractivity contribution is -0.136. The molecule has 30 heavy (non-hydrogen) atoms. The summed E-state index contributed by atoms with van der Waals surface area (Å²) >= 11 is 0. The van der Waals surface area contributed by atoms with Gasteiger partial charge in [-0.25, -0.2) is 4.79 Å². The van der Waals surface area contributed by atoms with Gasteiger partial charge in [0.25, 0.3) is 0 Å². The average molecular weight is 414 g/mol. The average Bonchev–Trinajstić information content (AvgIpc) is 3.23. The smallest absolute Gasteiger partial charge is 0.334 e. The Kier molecular flexibility index (Phi) is 5.17. The maximum atomic E-state index is 12.6. The van der Waals surface area contributed by atoms with Crippen molar-refractivity contribution in [2.24, 2.45) is 0 Å². The molecular formula is C22H22O8. The summed E-state index contributed by atoms with van der Waals surface area (Å²) in [4.78, 5) is 12.6. The first-order chi connectivity index (χ1) is 14.5. The van der Waals surface area contributed by atoms with Crippen LogP contribution in [0.2, 0.25) is 0 Å². The van der Waals surface area contributed by atoms with E-state index in [2.05, 4.69) is 0 Å². The Morgan fingerprint density at radius 2 is 1.53 bits per heavy atom. The molecule has 1 N–H and O–H groups in total. The molecule has 4 rings (SSSR count). The van der Waals surface area contributed by atoms with Gasteiger partial charge >= 0.3 is 5.97 Å². The molecule has 2 aromatic rings. The van der Waals surface area contributed by atoms with Crippen LogP contribution in [0.3, 0.4) is 0 Å². The van der Waals surface area contributed by atoms with Gasteiger partial charge in [-0.05, 0) is 47.0 Å². The van der Waals surface area contributed by atoms with E-state index < -0.39 is 18.0 Å². The SMILES string of the molecule is COC(=O)C1=C[C@@H](O)c2cc3c(cc2[C@H]1c1cc(OC)c(OC)c(OC)c1)OCO3. The van der Waals surface area contributed by atoms with Crippen molar-refractivity contribution in [1.82, 2.24) is 0 Å². The molecule has 1 aliphatic heterocycles. The minimum absolute atomic E-state index is 0.0977. The maximum Gasteiger partial charge on any atom is 0.334 e. The van der Waals surface area contributed by atoms with Crippen molar-refractivity contribution < 1.29 is 38.3 Å². The number of carbonyl (C=O) groups is 1. The molecule has 8 heteroatoms. The van der Waals surface area contributed by atoms with Crippen LogP contribution in [0.5, 0.6) is 28.7 Å². The third kappa shape index (κ3) is 3.09. The van der Waals surface area contributed by atoms with Crippen LogP contribution < -0.4 is 23.7 Å². The van der Waals surface area contributed by atoms with Gasteiger partial charge in [-0.15, -0.1) is 0 Å². The number of benzene rings is 2. The van der Waals surface area contributed by atoms with Crippen LogP contribution >= 0.6 is 0 Å². The lowest BCUT2D eigenvalue weighted by atomic mass is 9.76. The number of ether oxygens (including phenoxy) is 6. The summed E-state index contributed by atoms with van der Waals surface area (Å²) in [5.74, 6) is 1.33. The van der Waals surface area contributed by atoms with E-state index in [4.69, 9.17) is 28.4 Å². The van der Waals surface area contributed by atoms with Crippen LogP contribution in [0.15, 0.2) is 35.9 Å². The topological polar surface area (TPSA) is 92.7 Å². The summed E-state index contributed by atoms with van der Waals surface area (Å²) < 4.78 is 32.3. The third-order valence-electron chi connectivity index (χ3n) is 5.30. The monoisotopic (exact) mass is 414 g/mol. The number of aliphatic hydroxyl groups excluding tert-OH is 1. The molecule has 8 nitrogen and oxygen atoms in total. The van der Waals surface area contributed by atoms with Gasteiger partial charge in [-0.3, -0.25) is 0 Å². The van der Waals surface area contributed by atoms with Crippen molar-refractivity contribution in [3.63, 3.8) is 0 Å². The molecule has 1 aliphatic carbocycles. The van der Waals surface area contributed by atoms with Crippen LogP contribution in [-0.4, -0.2) is 46.3 Å². The second-order valence-electron chi connectivity index (χ2n) is 6.78. The molecule has 0 aromatic heterocycles. The second kappa shape index (κ2) is 7.79. The minimum atomic E-state index is -0.998. The molecule has 158 valence electrons. The molecular weight excluding hydrogens is 392 g/mol. The zero-order chi connectivity index (χ0) is 21.4. The number of fused-ring (bicyclic) bond motifs is 2. The minimum Gasteiger partial charge on any atom is -0.493 e. The van der Waals surface area contributed by atoms with Crippen LogP contribution in [0.25, 0.3) is 0 Å². The molecule has 0 radical (unpaired) electrons. The summed E-state index contributed by atoms with van der Waals surface area (Å²) in [6.07, 6.45) is 0.492. The van der Waals surface area contributed by atoms with Crippen molar-refractivity contribution in [1.29, 1.82) is 0 Å². The fourth-order valence-electron chi connectivity index (χ4n) is 3.93. The van der Waals surface area contributed by atoms with Gasteiger partial charge < -0.3 is 33.5 Å². The highest BCUT2D eigenvalue weighted by Crippen LogP contribution is 2.49. The molecule has 2 atom stereocenters. The Morgan fingerprint density at radius 3 is 2.07 bits per heavy atom. The van der Waals surface area contributed by atoms with Crippen molar-refractivity contribution in [3.8, 4) is 28.7 Å². The van der Waals surface area contributed by atoms with Gasteiger partial charge in [-0.1, -0.05) is 0 Å². The largest absolute Gasteiger partial charge is 0.493 e. The van der Waals surface area contributed by atoms with Gasteiger partial charge in [0, 0.05) is 11.5 Å². The second-order valence-corrected chi connectivity index (χ2v) is 6.78. The molecule has 2 aromatic carbocycles. The number of aliphatic hydroxyl groups is 1. The van der Waals surface area contributed by atoms with E-state index in [1.807, 2.05) is 0 Å². The Balaban J connectivity index is 1.96. The van der Waals surface area contributed by atoms with Gasteiger partial charge in [0.1, 0.15) is 0 Å². The summed E-state index contributed by atoms with van der Waals surface area (Å²) in [6, 6.07) is 7.06. The molecule has 0 spiro atoms. The zero-order valence-electron chi connectivity index (χ0n) is 17.1. The van der Waals surface area contributed by atoms with E-state index in [0.717, 1.165) is 0 Å². The number of rotatable bonds is 5. The lowest BCUT2D eigenvalue weighted by Crippen LogP contribution is -2.22. The van der Waals surface area contributed by atoms with E-state index >= 15 is 0 Å². The van der Waals surface area contributed by atoms with Crippen LogP contribution in [0, 0.1) is 0 Å².